The van der Waals surface area contributed by atoms with Gasteiger partial charge in [-0.1, -0.05) is 29.5 Å². The van der Waals surface area contributed by atoms with E-state index >= 15 is 0 Å². The SMILES string of the molecule is COC(=O)c1ccc(NC(=O)CSc2ccc3nnc(CCNS(=O)(=O)c4ccc(C)cc4)n3n2)cc1. The Morgan fingerprint density at radius 3 is 2.43 bits per heavy atom. The molecule has 0 saturated heterocycles. The third-order valence-corrected chi connectivity index (χ3v) is 7.61. The van der Waals surface area contributed by atoms with Crippen LogP contribution in [-0.4, -0.2) is 59.5 Å². The smallest absolute Gasteiger partial charge is 0.337 e. The van der Waals surface area contributed by atoms with Crippen molar-refractivity contribution in [3.05, 3.63) is 77.6 Å². The summed E-state index contributed by atoms with van der Waals surface area (Å²) in [5.74, 6) is -0.108. The molecule has 4 aromatic rings. The van der Waals surface area contributed by atoms with Crippen LogP contribution in [0.15, 0.2) is 70.6 Å². The number of fused-ring (bicyclic) bond motifs is 1. The number of ether oxygens (including phenoxy) is 1. The summed E-state index contributed by atoms with van der Waals surface area (Å²) in [4.78, 5) is 24.1. The first-order valence-electron chi connectivity index (χ1n) is 11.1. The van der Waals surface area contributed by atoms with Crippen LogP contribution in [0.3, 0.4) is 0 Å². The van der Waals surface area contributed by atoms with Gasteiger partial charge in [0.25, 0.3) is 0 Å². The molecule has 2 heterocycles. The van der Waals surface area contributed by atoms with Gasteiger partial charge >= 0.3 is 5.97 Å². The van der Waals surface area contributed by atoms with E-state index in [9.17, 15) is 18.0 Å². The van der Waals surface area contributed by atoms with Crippen LogP contribution in [0, 0.1) is 6.92 Å². The molecule has 37 heavy (non-hydrogen) atoms. The molecule has 2 aromatic heterocycles. The maximum absolute atomic E-state index is 12.5. The zero-order valence-corrected chi connectivity index (χ0v) is 21.7. The van der Waals surface area contributed by atoms with Crippen molar-refractivity contribution in [3.8, 4) is 0 Å². The van der Waals surface area contributed by atoms with Crippen LogP contribution in [0.4, 0.5) is 5.69 Å². The molecule has 1 amide bonds. The molecule has 0 bridgehead atoms. The Kier molecular flexibility index (Phi) is 8.16. The monoisotopic (exact) mass is 540 g/mol. The number of aromatic nitrogens is 4. The number of rotatable bonds is 10. The van der Waals surface area contributed by atoms with Gasteiger partial charge in [-0.3, -0.25) is 4.79 Å². The normalized spacial score (nSPS) is 11.4. The van der Waals surface area contributed by atoms with Crippen molar-refractivity contribution in [3.63, 3.8) is 0 Å². The van der Waals surface area contributed by atoms with Crippen molar-refractivity contribution >= 4 is 45.0 Å². The average molecular weight is 541 g/mol. The molecule has 0 unspecified atom stereocenters. The summed E-state index contributed by atoms with van der Waals surface area (Å²) >= 11 is 1.23. The van der Waals surface area contributed by atoms with Gasteiger partial charge in [-0.2, -0.15) is 9.61 Å². The van der Waals surface area contributed by atoms with Gasteiger partial charge in [0.1, 0.15) is 5.03 Å². The van der Waals surface area contributed by atoms with Gasteiger partial charge in [-0.15, -0.1) is 10.2 Å². The fourth-order valence-electron chi connectivity index (χ4n) is 3.29. The molecule has 13 heteroatoms. The molecule has 2 N–H and O–H groups in total. The Labute approximate surface area is 217 Å². The summed E-state index contributed by atoms with van der Waals surface area (Å²) in [5.41, 5.74) is 2.42. The fourth-order valence-corrected chi connectivity index (χ4v) is 4.98. The molecule has 0 atom stereocenters. The number of hydrogen-bond donors (Lipinski definition) is 2. The van der Waals surface area contributed by atoms with E-state index in [1.807, 2.05) is 6.92 Å². The molecule has 0 aliphatic rings. The zero-order chi connectivity index (χ0) is 26.4. The summed E-state index contributed by atoms with van der Waals surface area (Å²) in [6.45, 7) is 2.01. The highest BCUT2D eigenvalue weighted by Gasteiger charge is 2.15. The molecule has 0 radical (unpaired) electrons. The van der Waals surface area contributed by atoms with Crippen LogP contribution in [0.5, 0.6) is 0 Å². The van der Waals surface area contributed by atoms with Crippen molar-refractivity contribution in [1.82, 2.24) is 24.5 Å². The van der Waals surface area contributed by atoms with Gasteiger partial charge in [0.2, 0.25) is 15.9 Å². The zero-order valence-electron chi connectivity index (χ0n) is 20.0. The highest BCUT2D eigenvalue weighted by atomic mass is 32.2. The van der Waals surface area contributed by atoms with E-state index in [1.165, 1.54) is 23.4 Å². The first-order valence-corrected chi connectivity index (χ1v) is 13.6. The Hall–Kier alpha value is -3.81. The average Bonchev–Trinajstić information content (AvgIpc) is 3.30. The number of nitrogens with one attached hydrogen (secondary N) is 2. The molecule has 0 spiro atoms. The summed E-state index contributed by atoms with van der Waals surface area (Å²) in [7, 11) is -2.34. The first kappa shape index (κ1) is 26.3. The molecule has 0 aliphatic carbocycles. The first-order chi connectivity index (χ1) is 17.7. The lowest BCUT2D eigenvalue weighted by Gasteiger charge is -2.07. The second-order valence-corrected chi connectivity index (χ2v) is 10.7. The molecule has 192 valence electrons. The van der Waals surface area contributed by atoms with E-state index in [0.717, 1.165) is 5.56 Å². The number of nitrogens with zero attached hydrogens (tertiary/aromatic N) is 4. The van der Waals surface area contributed by atoms with Crippen LogP contribution >= 0.6 is 11.8 Å². The maximum Gasteiger partial charge on any atom is 0.337 e. The van der Waals surface area contributed by atoms with Crippen molar-refractivity contribution in [2.75, 3.05) is 24.7 Å². The van der Waals surface area contributed by atoms with Gasteiger partial charge in [0.15, 0.2) is 11.5 Å². The summed E-state index contributed by atoms with van der Waals surface area (Å²) in [6, 6.07) is 16.4. The van der Waals surface area contributed by atoms with Crippen LogP contribution < -0.4 is 10.0 Å². The minimum Gasteiger partial charge on any atom is -0.465 e. The molecule has 0 saturated carbocycles. The van der Waals surface area contributed by atoms with E-state index in [4.69, 9.17) is 0 Å². The molecule has 0 fully saturated rings. The number of sulfonamides is 1. The van der Waals surface area contributed by atoms with Gasteiger partial charge in [0, 0.05) is 18.7 Å². The predicted molar refractivity (Wildman–Crippen MR) is 138 cm³/mol. The number of thioether (sulfide) groups is 1. The highest BCUT2D eigenvalue weighted by Crippen LogP contribution is 2.17. The number of carbonyl (C=O) groups excluding carboxylic acids is 2. The van der Waals surface area contributed by atoms with Crippen molar-refractivity contribution < 1.29 is 22.7 Å². The minimum absolute atomic E-state index is 0.102. The number of aryl methyl sites for hydroxylation is 1. The number of amides is 1. The Bertz CT molecular complexity index is 1520. The standard InChI is InChI=1S/C24H24N6O5S2/c1-16-3-9-19(10-4-16)37(33,34)25-14-13-21-28-27-20-11-12-23(29-30(20)21)36-15-22(31)26-18-7-5-17(6-8-18)24(32)35-2/h3-12,25H,13-15H2,1-2H3,(H,26,31). The number of methoxy groups -OCH3 is 1. The van der Waals surface area contributed by atoms with Crippen molar-refractivity contribution in [2.24, 2.45) is 0 Å². The van der Waals surface area contributed by atoms with Crippen LogP contribution in [0.2, 0.25) is 0 Å². The van der Waals surface area contributed by atoms with E-state index in [1.54, 1.807) is 60.7 Å². The quantitative estimate of drug-likeness (QED) is 0.229. The number of hydrogen-bond acceptors (Lipinski definition) is 9. The summed E-state index contributed by atoms with van der Waals surface area (Å²) in [5, 5.41) is 16.0. The van der Waals surface area contributed by atoms with Crippen molar-refractivity contribution in [2.45, 2.75) is 23.3 Å². The Balaban J connectivity index is 1.33. The van der Waals surface area contributed by atoms with Gasteiger partial charge in [-0.05, 0) is 55.5 Å². The van der Waals surface area contributed by atoms with Gasteiger partial charge in [0.05, 0.1) is 23.3 Å². The number of benzene rings is 2. The molecule has 4 rings (SSSR count). The van der Waals surface area contributed by atoms with Gasteiger partial charge < -0.3 is 10.1 Å². The fraction of sp³-hybridized carbons (Fsp3) is 0.208. The lowest BCUT2D eigenvalue weighted by atomic mass is 10.2. The van der Waals surface area contributed by atoms with E-state index in [2.05, 4.69) is 30.1 Å². The lowest BCUT2D eigenvalue weighted by molar-refractivity contribution is -0.113. The largest absolute Gasteiger partial charge is 0.465 e. The summed E-state index contributed by atoms with van der Waals surface area (Å²) in [6.07, 6.45) is 0.273. The third-order valence-electron chi connectivity index (χ3n) is 5.22. The molecule has 11 nitrogen and oxygen atoms in total. The molecule has 2 aromatic carbocycles. The van der Waals surface area contributed by atoms with Crippen LogP contribution in [0.1, 0.15) is 21.7 Å². The van der Waals surface area contributed by atoms with Gasteiger partial charge in [-0.25, -0.2) is 17.9 Å². The van der Waals surface area contributed by atoms with Crippen LogP contribution in [0.25, 0.3) is 5.65 Å². The molecule has 0 aliphatic heterocycles. The Morgan fingerprint density at radius 2 is 1.73 bits per heavy atom. The van der Waals surface area contributed by atoms with E-state index < -0.39 is 16.0 Å². The second kappa shape index (κ2) is 11.5. The Morgan fingerprint density at radius 1 is 1.00 bits per heavy atom. The minimum atomic E-state index is -3.64. The second-order valence-electron chi connectivity index (χ2n) is 7.92. The van der Waals surface area contributed by atoms with E-state index in [0.29, 0.717) is 27.7 Å². The number of anilines is 1. The van der Waals surface area contributed by atoms with Crippen LogP contribution in [-0.2, 0) is 26.0 Å². The van der Waals surface area contributed by atoms with Crippen molar-refractivity contribution in [1.29, 1.82) is 0 Å². The third kappa shape index (κ3) is 6.70. The highest BCUT2D eigenvalue weighted by molar-refractivity contribution is 7.99. The van der Waals surface area contributed by atoms with E-state index in [-0.39, 0.29) is 29.5 Å². The topological polar surface area (TPSA) is 145 Å². The maximum atomic E-state index is 12.5. The lowest BCUT2D eigenvalue weighted by Crippen LogP contribution is -2.26. The number of esters is 1. The predicted octanol–water partition coefficient (Wildman–Crippen LogP) is 2.47. The number of carbonyl (C=O) groups is 2. The molecular formula is C24H24N6O5S2. The summed E-state index contributed by atoms with van der Waals surface area (Å²) < 4.78 is 33.8. The molecular weight excluding hydrogens is 516 g/mol.